The number of rotatable bonds is 82. The molecular weight excluding hydrogens is 1330 g/mol. The van der Waals surface area contributed by atoms with Crippen molar-refractivity contribution in [3.05, 3.63) is 0 Å². The number of carbonyl (C=O) groups excluding carboxylic acids is 4. The van der Waals surface area contributed by atoms with E-state index in [1.54, 1.807) is 0 Å². The highest BCUT2D eigenvalue weighted by molar-refractivity contribution is 7.47. The number of aliphatic hydroxyl groups excluding tert-OH is 1. The molecule has 0 rings (SSSR count). The summed E-state index contributed by atoms with van der Waals surface area (Å²) < 4.78 is 68.7. The molecule has 0 aromatic heterocycles. The van der Waals surface area contributed by atoms with E-state index < -0.39 is 97.5 Å². The Balaban J connectivity index is 5.19. The molecule has 0 aromatic rings. The van der Waals surface area contributed by atoms with Gasteiger partial charge in [0.25, 0.3) is 0 Å². The second-order valence-electron chi connectivity index (χ2n) is 30.6. The van der Waals surface area contributed by atoms with Crippen LogP contribution in [0.15, 0.2) is 0 Å². The van der Waals surface area contributed by atoms with Gasteiger partial charge in [-0.2, -0.15) is 0 Å². The van der Waals surface area contributed by atoms with Gasteiger partial charge in [0, 0.05) is 25.7 Å². The molecule has 0 spiro atoms. The summed E-state index contributed by atoms with van der Waals surface area (Å²) in [6.45, 7) is 9.72. The van der Waals surface area contributed by atoms with Crippen LogP contribution < -0.4 is 0 Å². The van der Waals surface area contributed by atoms with Gasteiger partial charge in [-0.15, -0.1) is 0 Å². The lowest BCUT2D eigenvalue weighted by Crippen LogP contribution is -2.30. The highest BCUT2D eigenvalue weighted by atomic mass is 31.2. The predicted octanol–water partition coefficient (Wildman–Crippen LogP) is 25.1. The summed E-state index contributed by atoms with van der Waals surface area (Å²) in [6.07, 6.45) is 65.2. The van der Waals surface area contributed by atoms with Gasteiger partial charge in [0.2, 0.25) is 0 Å². The lowest BCUT2D eigenvalue weighted by Gasteiger charge is -2.21. The molecule has 0 aliphatic carbocycles. The van der Waals surface area contributed by atoms with Crippen molar-refractivity contribution in [3.63, 3.8) is 0 Å². The monoisotopic (exact) mass is 1490 g/mol. The van der Waals surface area contributed by atoms with Crippen LogP contribution >= 0.6 is 15.6 Å². The molecule has 0 heterocycles. The van der Waals surface area contributed by atoms with Gasteiger partial charge in [-0.05, 0) is 37.5 Å². The van der Waals surface area contributed by atoms with Gasteiger partial charge in [-0.25, -0.2) is 9.13 Å². The van der Waals surface area contributed by atoms with Crippen LogP contribution in [0.3, 0.4) is 0 Å². The van der Waals surface area contributed by atoms with Crippen LogP contribution in [0.25, 0.3) is 0 Å². The zero-order valence-electron chi connectivity index (χ0n) is 66.9. The van der Waals surface area contributed by atoms with Crippen molar-refractivity contribution in [2.75, 3.05) is 39.6 Å². The number of hydrogen-bond donors (Lipinski definition) is 3. The zero-order chi connectivity index (χ0) is 74.9. The number of aliphatic hydroxyl groups is 1. The third kappa shape index (κ3) is 74.9. The Labute approximate surface area is 626 Å². The van der Waals surface area contributed by atoms with E-state index in [2.05, 4.69) is 41.5 Å². The molecule has 0 amide bonds. The summed E-state index contributed by atoms with van der Waals surface area (Å²) in [6, 6.07) is 0. The minimum absolute atomic E-state index is 0.108. The topological polar surface area (TPSA) is 237 Å². The van der Waals surface area contributed by atoms with Gasteiger partial charge in [0.05, 0.1) is 26.4 Å². The Bertz CT molecular complexity index is 1960. The minimum Gasteiger partial charge on any atom is -0.462 e. The van der Waals surface area contributed by atoms with E-state index in [1.807, 2.05) is 0 Å². The largest absolute Gasteiger partial charge is 0.472 e. The number of phosphoric acid groups is 2. The summed E-state index contributed by atoms with van der Waals surface area (Å²) in [7, 11) is -9.92. The zero-order valence-corrected chi connectivity index (χ0v) is 68.7. The standard InChI is InChI=1S/C83H162O17P2/c1-7-10-12-14-16-18-19-20-25-33-38-43-49-55-61-67-82(87)99-78(71-93-80(85)65-59-53-47-17-15-13-11-8-2)73-97-101(89,90)95-69-77(84)70-96-102(91,92)98-74-79(72-94-81(86)66-60-54-48-42-37-32-29-28-31-36-41-46-52-58-64-76(6)9-3)100-83(88)68-62-56-50-44-39-34-27-24-22-21-23-26-30-35-40-45-51-57-63-75(4)5/h75-79,84H,7-74H2,1-6H3,(H,89,90)(H,91,92)/t76?,77-,78+,79+/m0/s1. The summed E-state index contributed by atoms with van der Waals surface area (Å²) in [4.78, 5) is 73.0. The highest BCUT2D eigenvalue weighted by Gasteiger charge is 2.30. The molecule has 0 aliphatic heterocycles. The van der Waals surface area contributed by atoms with Crippen LogP contribution in [0.2, 0.25) is 0 Å². The van der Waals surface area contributed by atoms with E-state index in [4.69, 9.17) is 37.0 Å². The molecule has 6 atom stereocenters. The third-order valence-electron chi connectivity index (χ3n) is 19.8. The van der Waals surface area contributed by atoms with Gasteiger partial charge in [0.1, 0.15) is 19.3 Å². The van der Waals surface area contributed by atoms with Crippen LogP contribution in [-0.2, 0) is 65.4 Å². The number of unbranched alkanes of at least 4 members (excludes halogenated alkanes) is 51. The van der Waals surface area contributed by atoms with E-state index in [0.717, 1.165) is 108 Å². The van der Waals surface area contributed by atoms with Crippen molar-refractivity contribution in [2.45, 2.75) is 458 Å². The lowest BCUT2D eigenvalue weighted by molar-refractivity contribution is -0.161. The first-order valence-corrected chi connectivity index (χ1v) is 46.0. The summed E-state index contributed by atoms with van der Waals surface area (Å²) in [5.41, 5.74) is 0. The van der Waals surface area contributed by atoms with Crippen LogP contribution in [0.1, 0.15) is 440 Å². The SMILES string of the molecule is CCCCCCCCCCCCCCCCCC(=O)O[C@H](COC(=O)CCCCCCCCCC)COP(=O)(O)OC[C@H](O)COP(=O)(O)OC[C@@H](COC(=O)CCCCCCCCCCCCCCCCC(C)CC)OC(=O)CCCCCCCCCCCCCCCCCCCCC(C)C. The van der Waals surface area contributed by atoms with Crippen LogP contribution in [0.4, 0.5) is 0 Å². The van der Waals surface area contributed by atoms with Crippen molar-refractivity contribution >= 4 is 39.5 Å². The smallest absolute Gasteiger partial charge is 0.462 e. The van der Waals surface area contributed by atoms with Crippen molar-refractivity contribution in [2.24, 2.45) is 11.8 Å². The lowest BCUT2D eigenvalue weighted by atomic mass is 9.99. The van der Waals surface area contributed by atoms with Gasteiger partial charge in [-0.1, -0.05) is 388 Å². The number of esters is 4. The fourth-order valence-corrected chi connectivity index (χ4v) is 14.4. The first-order valence-electron chi connectivity index (χ1n) is 43.0. The summed E-state index contributed by atoms with van der Waals surface area (Å²) in [5.74, 6) is -0.437. The molecule has 0 saturated carbocycles. The molecule has 3 N–H and O–H groups in total. The van der Waals surface area contributed by atoms with Crippen molar-refractivity contribution in [1.29, 1.82) is 0 Å². The van der Waals surface area contributed by atoms with E-state index in [-0.39, 0.29) is 25.7 Å². The van der Waals surface area contributed by atoms with Crippen LogP contribution in [0.5, 0.6) is 0 Å². The van der Waals surface area contributed by atoms with E-state index in [1.165, 1.54) is 250 Å². The highest BCUT2D eigenvalue weighted by Crippen LogP contribution is 2.45. The molecule has 0 aromatic carbocycles. The Morgan fingerprint density at radius 3 is 0.745 bits per heavy atom. The molecule has 0 aliphatic rings. The normalized spacial score (nSPS) is 14.1. The average molecular weight is 1490 g/mol. The van der Waals surface area contributed by atoms with Crippen molar-refractivity contribution in [3.8, 4) is 0 Å². The van der Waals surface area contributed by atoms with Gasteiger partial charge < -0.3 is 33.8 Å². The first kappa shape index (κ1) is 100. The van der Waals surface area contributed by atoms with E-state index >= 15 is 0 Å². The Kier molecular flexibility index (Phi) is 73.1. The summed E-state index contributed by atoms with van der Waals surface area (Å²) >= 11 is 0. The molecule has 0 radical (unpaired) electrons. The quantitative estimate of drug-likeness (QED) is 0.0222. The average Bonchev–Trinajstić information content (AvgIpc) is 0.911. The maximum atomic E-state index is 13.1. The summed E-state index contributed by atoms with van der Waals surface area (Å²) in [5, 5.41) is 10.6. The molecule has 0 saturated heterocycles. The minimum atomic E-state index is -4.96. The number of ether oxygens (including phenoxy) is 4. The van der Waals surface area contributed by atoms with Gasteiger partial charge in [-0.3, -0.25) is 37.3 Å². The Hall–Kier alpha value is -1.94. The van der Waals surface area contributed by atoms with Crippen molar-refractivity contribution < 1.29 is 80.2 Å². The molecule has 606 valence electrons. The van der Waals surface area contributed by atoms with Crippen LogP contribution in [0, 0.1) is 11.8 Å². The maximum Gasteiger partial charge on any atom is 0.472 e. The first-order chi connectivity index (χ1) is 49.4. The van der Waals surface area contributed by atoms with E-state index in [0.29, 0.717) is 25.7 Å². The fraction of sp³-hybridized carbons (Fsp3) is 0.952. The number of phosphoric ester groups is 2. The number of carbonyl (C=O) groups is 4. The predicted molar refractivity (Wildman–Crippen MR) is 418 cm³/mol. The molecule has 3 unspecified atom stereocenters. The van der Waals surface area contributed by atoms with Gasteiger partial charge >= 0.3 is 39.5 Å². The fourth-order valence-electron chi connectivity index (χ4n) is 12.9. The molecule has 102 heavy (non-hydrogen) atoms. The molecule has 0 bridgehead atoms. The van der Waals surface area contributed by atoms with E-state index in [9.17, 15) is 43.2 Å². The third-order valence-corrected chi connectivity index (χ3v) is 21.7. The van der Waals surface area contributed by atoms with Crippen LogP contribution in [-0.4, -0.2) is 96.7 Å². The molecule has 17 nitrogen and oxygen atoms in total. The molecular formula is C83H162O17P2. The van der Waals surface area contributed by atoms with Crippen molar-refractivity contribution in [1.82, 2.24) is 0 Å². The molecule has 19 heteroatoms. The maximum absolute atomic E-state index is 13.1. The molecule has 0 fully saturated rings. The second-order valence-corrected chi connectivity index (χ2v) is 33.5. The second kappa shape index (κ2) is 74.5. The Morgan fingerprint density at radius 2 is 0.500 bits per heavy atom. The van der Waals surface area contributed by atoms with Gasteiger partial charge in [0.15, 0.2) is 12.2 Å². The number of hydrogen-bond acceptors (Lipinski definition) is 15. The Morgan fingerprint density at radius 1 is 0.284 bits per heavy atom.